The molecular formula is C55H53N5OPt-2. The fourth-order valence-corrected chi connectivity index (χ4v) is 8.40. The van der Waals surface area contributed by atoms with Gasteiger partial charge < -0.3 is 9.30 Å². The fourth-order valence-electron chi connectivity index (χ4n) is 8.40. The summed E-state index contributed by atoms with van der Waals surface area (Å²) in [6.07, 6.45) is 9.31. The molecule has 9 rings (SSSR count). The van der Waals surface area contributed by atoms with Crippen LogP contribution in [0.3, 0.4) is 0 Å². The van der Waals surface area contributed by atoms with Crippen LogP contribution < -0.4 is 9.30 Å². The molecule has 6 nitrogen and oxygen atoms in total. The minimum Gasteiger partial charge on any atom is -0.522 e. The molecule has 0 amide bonds. The third-order valence-electron chi connectivity index (χ3n) is 11.0. The molecule has 0 unspecified atom stereocenters. The van der Waals surface area contributed by atoms with Crippen molar-refractivity contribution in [2.75, 3.05) is 0 Å². The Kier molecular flexibility index (Phi) is 11.4. The van der Waals surface area contributed by atoms with Gasteiger partial charge in [0.1, 0.15) is 5.82 Å². The second-order valence-corrected chi connectivity index (χ2v) is 19.8. The van der Waals surface area contributed by atoms with Crippen LogP contribution in [-0.2, 0) is 39.3 Å². The van der Waals surface area contributed by atoms with Crippen molar-refractivity contribution in [1.82, 2.24) is 19.1 Å². The minimum atomic E-state index is -0.0270. The summed E-state index contributed by atoms with van der Waals surface area (Å²) >= 11 is 0. The maximum absolute atomic E-state index is 6.60. The average molecular weight is 995 g/mol. The van der Waals surface area contributed by atoms with Gasteiger partial charge in [-0.25, -0.2) is 4.98 Å². The van der Waals surface area contributed by atoms with Crippen LogP contribution in [0.15, 0.2) is 134 Å². The van der Waals surface area contributed by atoms with E-state index >= 15 is 0 Å². The van der Waals surface area contributed by atoms with Crippen LogP contribution in [0.25, 0.3) is 61.3 Å². The summed E-state index contributed by atoms with van der Waals surface area (Å²) in [5.41, 5.74) is 11.4. The van der Waals surface area contributed by atoms with Gasteiger partial charge in [0, 0.05) is 38.5 Å². The van der Waals surface area contributed by atoms with Gasteiger partial charge in [-0.15, -0.1) is 17.5 Å². The summed E-state index contributed by atoms with van der Waals surface area (Å²) < 4.78 is 13.0. The number of pyridine rings is 2. The third-order valence-corrected chi connectivity index (χ3v) is 11.0. The maximum Gasteiger partial charge on any atom is 0.269 e. The van der Waals surface area contributed by atoms with Crippen LogP contribution in [0.4, 0.5) is 0 Å². The number of nitrogens with zero attached hydrogens (tertiary/aromatic N) is 5. The molecule has 0 aliphatic heterocycles. The van der Waals surface area contributed by atoms with Crippen LogP contribution in [-0.4, -0.2) is 19.1 Å². The van der Waals surface area contributed by atoms with Gasteiger partial charge in [-0.05, 0) is 93.3 Å². The Morgan fingerprint density at radius 3 is 1.98 bits per heavy atom. The van der Waals surface area contributed by atoms with Crippen molar-refractivity contribution in [2.45, 2.75) is 80.6 Å². The van der Waals surface area contributed by atoms with E-state index in [4.69, 9.17) is 14.7 Å². The first-order chi connectivity index (χ1) is 29.1. The number of para-hydroxylation sites is 1. The van der Waals surface area contributed by atoms with E-state index in [9.17, 15) is 0 Å². The van der Waals surface area contributed by atoms with Crippen LogP contribution >= 0.6 is 0 Å². The minimum absolute atomic E-state index is 0. The second kappa shape index (κ2) is 16.5. The van der Waals surface area contributed by atoms with Gasteiger partial charge in [0.2, 0.25) is 0 Å². The predicted octanol–water partition coefficient (Wildman–Crippen LogP) is 13.1. The molecule has 0 atom stereocenters. The topological polar surface area (TPSA) is 48.8 Å². The predicted molar refractivity (Wildman–Crippen MR) is 248 cm³/mol. The smallest absolute Gasteiger partial charge is 0.269 e. The SMILES string of the molecule is CC(C)(C)Cc1cc(CC(C)(C)C)cc(-[n+]2[c-]n(-c3[c-]c(Oc4[c-]c5c(cc4)c4ccccc4n5-c4cc(C(C)(C)C)ccn4)ccn3)c3ccc(-c4ccccc4)cc32)c1.[Pt]. The Hall–Kier alpha value is -5.84. The number of aromatic nitrogens is 5. The summed E-state index contributed by atoms with van der Waals surface area (Å²) in [4.78, 5) is 9.69. The maximum atomic E-state index is 6.60. The molecule has 62 heavy (non-hydrogen) atoms. The van der Waals surface area contributed by atoms with Crippen LogP contribution in [0, 0.1) is 29.3 Å². The Balaban J connectivity index is 0.00000529. The van der Waals surface area contributed by atoms with Crippen molar-refractivity contribution in [2.24, 2.45) is 10.8 Å². The number of hydrogen-bond acceptors (Lipinski definition) is 3. The van der Waals surface area contributed by atoms with E-state index in [-0.39, 0.29) is 37.3 Å². The molecule has 0 radical (unpaired) electrons. The quantitative estimate of drug-likeness (QED) is 0.113. The zero-order chi connectivity index (χ0) is 42.7. The molecular weight excluding hydrogens is 942 g/mol. The van der Waals surface area contributed by atoms with E-state index in [0.717, 1.165) is 68.3 Å². The molecule has 0 aliphatic carbocycles. The molecule has 5 aromatic carbocycles. The summed E-state index contributed by atoms with van der Waals surface area (Å²) in [5, 5.41) is 2.21. The average Bonchev–Trinajstić information content (AvgIpc) is 3.75. The van der Waals surface area contributed by atoms with Crippen LogP contribution in [0.1, 0.15) is 79.0 Å². The van der Waals surface area contributed by atoms with E-state index in [1.54, 1.807) is 6.20 Å². The number of ether oxygens (including phenoxy) is 1. The van der Waals surface area contributed by atoms with Gasteiger partial charge >= 0.3 is 0 Å². The van der Waals surface area contributed by atoms with Gasteiger partial charge in [-0.2, -0.15) is 18.2 Å². The Morgan fingerprint density at radius 1 is 0.597 bits per heavy atom. The number of hydrogen-bond donors (Lipinski definition) is 0. The largest absolute Gasteiger partial charge is 0.522 e. The van der Waals surface area contributed by atoms with Crippen molar-refractivity contribution in [3.63, 3.8) is 0 Å². The van der Waals surface area contributed by atoms with Crippen LogP contribution in [0.5, 0.6) is 11.5 Å². The monoisotopic (exact) mass is 994 g/mol. The van der Waals surface area contributed by atoms with Gasteiger partial charge in [0.15, 0.2) is 0 Å². The molecule has 4 heterocycles. The molecule has 7 heteroatoms. The van der Waals surface area contributed by atoms with E-state index in [2.05, 4.69) is 199 Å². The zero-order valence-corrected chi connectivity index (χ0v) is 39.3. The van der Waals surface area contributed by atoms with Crippen molar-refractivity contribution in [1.29, 1.82) is 0 Å². The number of benzene rings is 5. The van der Waals surface area contributed by atoms with E-state index < -0.39 is 0 Å². The first-order valence-corrected chi connectivity index (χ1v) is 21.2. The Morgan fingerprint density at radius 2 is 1.27 bits per heavy atom. The third kappa shape index (κ3) is 8.90. The van der Waals surface area contributed by atoms with Gasteiger partial charge in [0.05, 0.1) is 22.5 Å². The van der Waals surface area contributed by atoms with Gasteiger partial charge in [-0.1, -0.05) is 152 Å². The molecule has 0 N–H and O–H groups in total. The number of rotatable bonds is 8. The Bertz CT molecular complexity index is 3030. The van der Waals surface area contributed by atoms with Gasteiger partial charge in [0.25, 0.3) is 6.33 Å². The fraction of sp³-hybridized carbons (Fsp3) is 0.255. The molecule has 0 aliphatic rings. The van der Waals surface area contributed by atoms with Crippen molar-refractivity contribution in [3.8, 4) is 39.9 Å². The first-order valence-electron chi connectivity index (χ1n) is 21.2. The number of imidazole rings is 1. The molecule has 4 aromatic heterocycles. The summed E-state index contributed by atoms with van der Waals surface area (Å²) in [6.45, 7) is 20.5. The summed E-state index contributed by atoms with van der Waals surface area (Å²) in [5.74, 6) is 2.52. The molecule has 316 valence electrons. The van der Waals surface area contributed by atoms with Crippen LogP contribution in [0.2, 0.25) is 0 Å². The van der Waals surface area contributed by atoms with Crippen molar-refractivity contribution in [3.05, 3.63) is 169 Å². The molecule has 0 bridgehead atoms. The Labute approximate surface area is 380 Å². The normalized spacial score (nSPS) is 12.3. The van der Waals surface area contributed by atoms with E-state index in [1.807, 2.05) is 22.9 Å². The van der Waals surface area contributed by atoms with E-state index in [0.29, 0.717) is 17.3 Å². The second-order valence-electron chi connectivity index (χ2n) is 19.8. The molecule has 0 spiro atoms. The molecule has 0 saturated heterocycles. The first kappa shape index (κ1) is 42.8. The number of fused-ring (bicyclic) bond motifs is 4. The van der Waals surface area contributed by atoms with E-state index in [1.165, 1.54) is 16.7 Å². The summed E-state index contributed by atoms with van der Waals surface area (Å²) in [7, 11) is 0. The van der Waals surface area contributed by atoms with Crippen molar-refractivity contribution >= 4 is 32.8 Å². The molecule has 0 saturated carbocycles. The standard InChI is InChI=1S/C55H53N5O.Pt/c1-53(2,3)34-37-27-38(35-54(4,5)6)29-42(28-37)58-36-59(48-22-19-40(30-50(48)58)39-15-11-10-12-16-39)51-33-44(24-26-56-51)61-43-20-21-46-45-17-13-14-18-47(45)60(49(46)32-43)52-31-41(23-25-57-52)55(7,8)9;/h10-31H,34-35H2,1-9H3;/q-2;. The molecule has 9 aromatic rings. The van der Waals surface area contributed by atoms with Crippen molar-refractivity contribution < 1.29 is 30.4 Å². The molecule has 0 fully saturated rings. The van der Waals surface area contributed by atoms with Gasteiger partial charge in [-0.3, -0.25) is 14.1 Å². The zero-order valence-electron chi connectivity index (χ0n) is 37.1. The summed E-state index contributed by atoms with van der Waals surface area (Å²) in [6, 6.07) is 49.9.